The number of benzene rings is 3. The van der Waals surface area contributed by atoms with Gasteiger partial charge < -0.3 is 30.7 Å². The van der Waals surface area contributed by atoms with Gasteiger partial charge in [0.1, 0.15) is 5.82 Å². The van der Waals surface area contributed by atoms with Gasteiger partial charge in [0.05, 0.1) is 0 Å². The van der Waals surface area contributed by atoms with E-state index in [0.29, 0.717) is 18.0 Å². The van der Waals surface area contributed by atoms with E-state index in [9.17, 15) is 18.8 Å². The SMILES string of the molecule is NCc1cccc(CNC(=O)C2N(C(=O)Nc3cccc(F)c3)CCN2C(=O)c2ccc3c(c2)OCO3)c1. The highest BCUT2D eigenvalue weighted by Crippen LogP contribution is 2.33. The van der Waals surface area contributed by atoms with Crippen molar-refractivity contribution in [3.63, 3.8) is 0 Å². The summed E-state index contributed by atoms with van der Waals surface area (Å²) in [6.45, 7) is 0.800. The van der Waals surface area contributed by atoms with Crippen LogP contribution in [0.4, 0.5) is 14.9 Å². The first kappa shape index (κ1) is 25.0. The Balaban J connectivity index is 1.38. The summed E-state index contributed by atoms with van der Waals surface area (Å²) < 4.78 is 24.4. The summed E-state index contributed by atoms with van der Waals surface area (Å²) in [6.07, 6.45) is -1.24. The van der Waals surface area contributed by atoms with Gasteiger partial charge in [-0.25, -0.2) is 9.18 Å². The predicted octanol–water partition coefficient (Wildman–Crippen LogP) is 2.65. The van der Waals surface area contributed by atoms with Gasteiger partial charge in [-0.2, -0.15) is 0 Å². The second-order valence-electron chi connectivity index (χ2n) is 8.82. The average molecular weight is 520 g/mol. The Labute approximate surface area is 218 Å². The van der Waals surface area contributed by atoms with Gasteiger partial charge in [-0.15, -0.1) is 0 Å². The molecule has 2 heterocycles. The minimum atomic E-state index is -1.24. The number of carbonyl (C=O) groups excluding carboxylic acids is 3. The largest absolute Gasteiger partial charge is 0.454 e. The quantitative estimate of drug-likeness (QED) is 0.460. The molecule has 4 amide bonds. The molecule has 3 aromatic carbocycles. The molecule has 10 nitrogen and oxygen atoms in total. The summed E-state index contributed by atoms with van der Waals surface area (Å²) in [5.41, 5.74) is 7.97. The van der Waals surface area contributed by atoms with Crippen LogP contribution in [-0.2, 0) is 17.9 Å². The first-order chi connectivity index (χ1) is 18.4. The first-order valence-corrected chi connectivity index (χ1v) is 12.0. The van der Waals surface area contributed by atoms with Crippen LogP contribution in [0.25, 0.3) is 0 Å². The minimum absolute atomic E-state index is 0.0567. The Hall–Kier alpha value is -4.64. The maximum absolute atomic E-state index is 13.7. The fourth-order valence-corrected chi connectivity index (χ4v) is 4.44. The van der Waals surface area contributed by atoms with E-state index in [0.717, 1.165) is 11.1 Å². The van der Waals surface area contributed by atoms with Crippen LogP contribution in [0, 0.1) is 5.82 Å². The number of rotatable bonds is 6. The lowest BCUT2D eigenvalue weighted by molar-refractivity contribution is -0.128. The Morgan fingerprint density at radius 1 is 0.921 bits per heavy atom. The van der Waals surface area contributed by atoms with Crippen molar-refractivity contribution in [2.24, 2.45) is 5.73 Å². The highest BCUT2D eigenvalue weighted by atomic mass is 19.1. The van der Waals surface area contributed by atoms with E-state index >= 15 is 0 Å². The topological polar surface area (TPSA) is 126 Å². The molecule has 1 atom stereocenters. The number of amides is 4. The van der Waals surface area contributed by atoms with Gasteiger partial charge in [0.2, 0.25) is 6.79 Å². The number of nitrogens with zero attached hydrogens (tertiary/aromatic N) is 2. The van der Waals surface area contributed by atoms with Gasteiger partial charge in [0, 0.05) is 37.4 Å². The molecule has 1 fully saturated rings. The van der Waals surface area contributed by atoms with Gasteiger partial charge in [0.25, 0.3) is 11.8 Å². The van der Waals surface area contributed by atoms with Crippen LogP contribution in [0.5, 0.6) is 11.5 Å². The van der Waals surface area contributed by atoms with Gasteiger partial charge in [0.15, 0.2) is 17.7 Å². The Kier molecular flexibility index (Phi) is 7.09. The summed E-state index contributed by atoms with van der Waals surface area (Å²) in [5, 5.41) is 5.44. The molecule has 3 aromatic rings. The molecular weight excluding hydrogens is 493 g/mol. The second kappa shape index (κ2) is 10.8. The van der Waals surface area contributed by atoms with Crippen molar-refractivity contribution in [2.45, 2.75) is 19.3 Å². The zero-order chi connectivity index (χ0) is 26.6. The van der Waals surface area contributed by atoms with E-state index in [2.05, 4.69) is 10.6 Å². The number of carbonyl (C=O) groups is 3. The third-order valence-corrected chi connectivity index (χ3v) is 6.32. The van der Waals surface area contributed by atoms with E-state index in [1.54, 1.807) is 18.2 Å². The molecular formula is C27H26FN5O5. The summed E-state index contributed by atoms with van der Waals surface area (Å²) in [7, 11) is 0. The number of hydrogen-bond donors (Lipinski definition) is 3. The molecule has 38 heavy (non-hydrogen) atoms. The van der Waals surface area contributed by atoms with E-state index in [-0.39, 0.29) is 37.7 Å². The van der Waals surface area contributed by atoms with Crippen molar-refractivity contribution in [1.82, 2.24) is 15.1 Å². The van der Waals surface area contributed by atoms with E-state index in [4.69, 9.17) is 15.2 Å². The number of nitrogens with one attached hydrogen (secondary N) is 2. The number of nitrogens with two attached hydrogens (primary N) is 1. The number of anilines is 1. The molecule has 0 aromatic heterocycles. The third kappa shape index (κ3) is 5.23. The van der Waals surface area contributed by atoms with Crippen molar-refractivity contribution >= 4 is 23.5 Å². The lowest BCUT2D eigenvalue weighted by Gasteiger charge is -2.29. The van der Waals surface area contributed by atoms with E-state index < -0.39 is 29.8 Å². The summed E-state index contributed by atoms with van der Waals surface area (Å²) in [4.78, 5) is 42.7. The summed E-state index contributed by atoms with van der Waals surface area (Å²) in [5.74, 6) is -0.554. The normalized spacial score (nSPS) is 15.9. The first-order valence-electron chi connectivity index (χ1n) is 12.0. The van der Waals surface area contributed by atoms with Crippen molar-refractivity contribution in [3.8, 4) is 11.5 Å². The monoisotopic (exact) mass is 519 g/mol. The molecule has 0 spiro atoms. The molecule has 0 radical (unpaired) electrons. The van der Waals surface area contributed by atoms with Crippen LogP contribution in [0.1, 0.15) is 21.5 Å². The predicted molar refractivity (Wildman–Crippen MR) is 136 cm³/mol. The van der Waals surface area contributed by atoms with Crippen LogP contribution in [0.2, 0.25) is 0 Å². The number of hydrogen-bond acceptors (Lipinski definition) is 6. The Morgan fingerprint density at radius 3 is 2.50 bits per heavy atom. The summed E-state index contributed by atoms with van der Waals surface area (Å²) in [6, 6.07) is 17.0. The lowest BCUT2D eigenvalue weighted by atomic mass is 10.1. The van der Waals surface area contributed by atoms with Gasteiger partial charge in [-0.3, -0.25) is 14.5 Å². The minimum Gasteiger partial charge on any atom is -0.454 e. The Bertz CT molecular complexity index is 1380. The maximum atomic E-state index is 13.7. The second-order valence-corrected chi connectivity index (χ2v) is 8.82. The van der Waals surface area contributed by atoms with E-state index in [1.807, 2.05) is 24.3 Å². The van der Waals surface area contributed by atoms with Crippen molar-refractivity contribution < 1.29 is 28.2 Å². The molecule has 2 aliphatic heterocycles. The average Bonchev–Trinajstić information content (AvgIpc) is 3.58. The molecule has 1 saturated heterocycles. The molecule has 2 aliphatic rings. The van der Waals surface area contributed by atoms with Crippen molar-refractivity contribution in [1.29, 1.82) is 0 Å². The zero-order valence-electron chi connectivity index (χ0n) is 20.4. The molecule has 5 rings (SSSR count). The Morgan fingerprint density at radius 2 is 1.68 bits per heavy atom. The fraction of sp³-hybridized carbons (Fsp3) is 0.222. The maximum Gasteiger partial charge on any atom is 0.323 e. The third-order valence-electron chi connectivity index (χ3n) is 6.32. The summed E-state index contributed by atoms with van der Waals surface area (Å²) >= 11 is 0. The molecule has 11 heteroatoms. The standard InChI is InChI=1S/C27H26FN5O5/c28-20-5-2-6-21(13-20)31-27(36)33-10-9-32(26(35)19-7-8-22-23(12-19)38-16-37-22)25(33)24(34)30-15-18-4-1-3-17(11-18)14-29/h1-8,11-13,25H,9-10,14-16,29H2,(H,30,34)(H,31,36). The van der Waals surface area contributed by atoms with Crippen LogP contribution in [-0.4, -0.2) is 53.7 Å². The van der Waals surface area contributed by atoms with Gasteiger partial charge in [-0.1, -0.05) is 30.3 Å². The highest BCUT2D eigenvalue weighted by molar-refractivity contribution is 6.01. The fourth-order valence-electron chi connectivity index (χ4n) is 4.44. The lowest BCUT2D eigenvalue weighted by Crippen LogP contribution is -2.54. The van der Waals surface area contributed by atoms with Crippen LogP contribution >= 0.6 is 0 Å². The molecule has 1 unspecified atom stereocenters. The smallest absolute Gasteiger partial charge is 0.323 e. The van der Waals surface area contributed by atoms with Gasteiger partial charge in [-0.05, 0) is 47.5 Å². The molecule has 0 bridgehead atoms. The number of ether oxygens (including phenoxy) is 2. The molecule has 0 saturated carbocycles. The zero-order valence-corrected chi connectivity index (χ0v) is 20.4. The van der Waals surface area contributed by atoms with Crippen LogP contribution < -0.4 is 25.8 Å². The number of halogens is 1. The molecule has 4 N–H and O–H groups in total. The van der Waals surface area contributed by atoms with Crippen molar-refractivity contribution in [2.75, 3.05) is 25.2 Å². The van der Waals surface area contributed by atoms with Crippen molar-refractivity contribution in [3.05, 3.63) is 89.2 Å². The molecule has 196 valence electrons. The number of fused-ring (bicyclic) bond motifs is 1. The van der Waals surface area contributed by atoms with Gasteiger partial charge >= 0.3 is 6.03 Å². The van der Waals surface area contributed by atoms with E-state index in [1.165, 1.54) is 34.1 Å². The molecule has 0 aliphatic carbocycles. The highest BCUT2D eigenvalue weighted by Gasteiger charge is 2.43. The van der Waals surface area contributed by atoms with Crippen LogP contribution in [0.15, 0.2) is 66.7 Å². The van der Waals surface area contributed by atoms with Crippen LogP contribution in [0.3, 0.4) is 0 Å². The number of urea groups is 1.